The number of carbonyl (C=O) groups excluding carboxylic acids is 1. The lowest BCUT2D eigenvalue weighted by atomic mass is 10.2. The molecule has 0 aromatic carbocycles. The monoisotopic (exact) mass is 401 g/mol. The molecule has 2 aromatic rings. The number of esters is 1. The van der Waals surface area contributed by atoms with Crippen LogP contribution in [0.25, 0.3) is 0 Å². The van der Waals surface area contributed by atoms with E-state index in [1.807, 2.05) is 10.8 Å². The second-order valence-corrected chi connectivity index (χ2v) is 6.47. The van der Waals surface area contributed by atoms with Crippen molar-refractivity contribution in [3.63, 3.8) is 0 Å². The molecule has 0 saturated heterocycles. The molecule has 0 fully saturated rings. The van der Waals surface area contributed by atoms with Crippen LogP contribution in [-0.4, -0.2) is 64.2 Å². The zero-order chi connectivity index (χ0) is 20.8. The smallest absolute Gasteiger partial charge is 0.432 e. The Bertz CT molecular complexity index is 932. The second kappa shape index (κ2) is 9.18. The summed E-state index contributed by atoms with van der Waals surface area (Å²) in [5.41, 5.74) is 0.437. The van der Waals surface area contributed by atoms with E-state index in [1.165, 1.54) is 19.2 Å². The highest BCUT2D eigenvalue weighted by Crippen LogP contribution is 2.21. The summed E-state index contributed by atoms with van der Waals surface area (Å²) < 4.78 is 26.9. The Hall–Kier alpha value is -3.43. The van der Waals surface area contributed by atoms with E-state index in [4.69, 9.17) is 14.9 Å². The molecule has 0 atom stereocenters. The third-order valence-electron chi connectivity index (χ3n) is 4.29. The summed E-state index contributed by atoms with van der Waals surface area (Å²) in [5.74, 6) is 0.243. The Labute approximate surface area is 167 Å². The number of methoxy groups -OCH3 is 1. The lowest BCUT2D eigenvalue weighted by molar-refractivity contribution is -0.445. The zero-order valence-electron chi connectivity index (χ0n) is 16.3. The van der Waals surface area contributed by atoms with E-state index in [9.17, 15) is 9.18 Å². The molecule has 2 aromatic heterocycles. The second-order valence-electron chi connectivity index (χ2n) is 6.47. The zero-order valence-corrected chi connectivity index (χ0v) is 16.3. The minimum absolute atomic E-state index is 0.107. The third-order valence-corrected chi connectivity index (χ3v) is 4.29. The molecule has 3 heterocycles. The Morgan fingerprint density at radius 3 is 2.72 bits per heavy atom. The van der Waals surface area contributed by atoms with Crippen LogP contribution in [0, 0.1) is 11.2 Å². The van der Waals surface area contributed by atoms with E-state index in [0.29, 0.717) is 31.3 Å². The van der Waals surface area contributed by atoms with Gasteiger partial charge in [0.15, 0.2) is 29.8 Å². The van der Waals surface area contributed by atoms with Crippen LogP contribution in [0.15, 0.2) is 24.7 Å². The predicted octanol–water partition coefficient (Wildman–Crippen LogP) is 1.73. The van der Waals surface area contributed by atoms with E-state index < -0.39 is 11.8 Å². The van der Waals surface area contributed by atoms with Gasteiger partial charge in [-0.05, 0) is 13.0 Å². The SMILES string of the molecule is COc1cnc([N+]2=CCN(c3nccc(COC(=O)CC(C)=N)c3F)CC2)nc1. The van der Waals surface area contributed by atoms with Gasteiger partial charge in [-0.3, -0.25) is 4.79 Å². The van der Waals surface area contributed by atoms with Crippen LogP contribution < -0.4 is 9.64 Å². The molecule has 29 heavy (non-hydrogen) atoms. The van der Waals surface area contributed by atoms with Crippen molar-refractivity contribution < 1.29 is 23.2 Å². The van der Waals surface area contributed by atoms with Crippen LogP contribution in [0.2, 0.25) is 0 Å². The maximum atomic E-state index is 14.9. The van der Waals surface area contributed by atoms with Crippen LogP contribution in [0.3, 0.4) is 0 Å². The van der Waals surface area contributed by atoms with Gasteiger partial charge in [-0.25, -0.2) is 13.9 Å². The summed E-state index contributed by atoms with van der Waals surface area (Å²) in [5, 5.41) is 7.30. The minimum atomic E-state index is -0.559. The number of pyridine rings is 1. The molecule has 0 unspecified atom stereocenters. The van der Waals surface area contributed by atoms with Crippen LogP contribution in [-0.2, 0) is 16.1 Å². The minimum Gasteiger partial charge on any atom is -0.491 e. The average molecular weight is 401 g/mol. The summed E-state index contributed by atoms with van der Waals surface area (Å²) in [6, 6.07) is 1.48. The molecule has 1 aliphatic heterocycles. The van der Waals surface area contributed by atoms with Crippen molar-refractivity contribution in [2.75, 3.05) is 31.6 Å². The fourth-order valence-electron chi connectivity index (χ4n) is 2.77. The Morgan fingerprint density at radius 2 is 2.10 bits per heavy atom. The van der Waals surface area contributed by atoms with Gasteiger partial charge in [0.25, 0.3) is 0 Å². The number of aromatic nitrogens is 3. The van der Waals surface area contributed by atoms with Crippen molar-refractivity contribution in [3.05, 3.63) is 36.0 Å². The third kappa shape index (κ3) is 5.09. The molecule has 3 rings (SSSR count). The maximum absolute atomic E-state index is 14.9. The quantitative estimate of drug-likeness (QED) is 0.428. The normalized spacial score (nSPS) is 13.6. The topological polar surface area (TPSA) is 104 Å². The van der Waals surface area contributed by atoms with Gasteiger partial charge in [-0.1, -0.05) is 9.97 Å². The number of rotatable bonds is 7. The van der Waals surface area contributed by atoms with Gasteiger partial charge >= 0.3 is 11.9 Å². The van der Waals surface area contributed by atoms with Crippen molar-refractivity contribution in [2.24, 2.45) is 0 Å². The Kier molecular flexibility index (Phi) is 6.43. The largest absolute Gasteiger partial charge is 0.491 e. The summed E-state index contributed by atoms with van der Waals surface area (Å²) in [6.45, 7) is 2.82. The summed E-state index contributed by atoms with van der Waals surface area (Å²) in [4.78, 5) is 26.0. The fourth-order valence-corrected chi connectivity index (χ4v) is 2.77. The van der Waals surface area contributed by atoms with E-state index in [2.05, 4.69) is 15.0 Å². The highest BCUT2D eigenvalue weighted by atomic mass is 19.1. The number of carbonyl (C=O) groups is 1. The van der Waals surface area contributed by atoms with Crippen LogP contribution in [0.5, 0.6) is 5.75 Å². The number of nitrogens with one attached hydrogen (secondary N) is 1. The first-order valence-corrected chi connectivity index (χ1v) is 9.02. The average Bonchev–Trinajstić information content (AvgIpc) is 2.73. The van der Waals surface area contributed by atoms with Crippen molar-refractivity contribution in [3.8, 4) is 5.75 Å². The number of hydrogen-bond acceptors (Lipinski definition) is 8. The highest BCUT2D eigenvalue weighted by Gasteiger charge is 2.23. The van der Waals surface area contributed by atoms with Gasteiger partial charge in [-0.15, -0.1) is 0 Å². The summed E-state index contributed by atoms with van der Waals surface area (Å²) in [6.07, 6.45) is 6.43. The number of ether oxygens (including phenoxy) is 2. The molecule has 1 N–H and O–H groups in total. The van der Waals surface area contributed by atoms with Crippen molar-refractivity contribution in [2.45, 2.75) is 20.0 Å². The first-order valence-electron chi connectivity index (χ1n) is 9.02. The molecule has 0 amide bonds. The van der Waals surface area contributed by atoms with Crippen molar-refractivity contribution in [1.29, 1.82) is 5.41 Å². The van der Waals surface area contributed by atoms with E-state index in [1.54, 1.807) is 24.4 Å². The fraction of sp³-hybridized carbons (Fsp3) is 0.368. The lowest BCUT2D eigenvalue weighted by Crippen LogP contribution is -2.39. The molecule has 9 nitrogen and oxygen atoms in total. The molecule has 0 bridgehead atoms. The van der Waals surface area contributed by atoms with E-state index >= 15 is 0 Å². The van der Waals surface area contributed by atoms with Crippen LogP contribution in [0.1, 0.15) is 18.9 Å². The Balaban J connectivity index is 1.67. The Morgan fingerprint density at radius 1 is 1.34 bits per heavy atom. The van der Waals surface area contributed by atoms with Gasteiger partial charge in [0.1, 0.15) is 6.61 Å². The van der Waals surface area contributed by atoms with E-state index in [0.717, 1.165) is 0 Å². The molecule has 1 aliphatic rings. The van der Waals surface area contributed by atoms with Gasteiger partial charge in [0.2, 0.25) is 0 Å². The molecular weight excluding hydrogens is 379 g/mol. The first kappa shape index (κ1) is 20.3. The van der Waals surface area contributed by atoms with Gasteiger partial charge < -0.3 is 19.8 Å². The van der Waals surface area contributed by atoms with Crippen LogP contribution >= 0.6 is 0 Å². The maximum Gasteiger partial charge on any atom is 0.432 e. The number of hydrogen-bond donors (Lipinski definition) is 1. The number of nitrogens with zero attached hydrogens (tertiary/aromatic N) is 5. The summed E-state index contributed by atoms with van der Waals surface area (Å²) >= 11 is 0. The molecule has 0 aliphatic carbocycles. The molecule has 10 heteroatoms. The number of anilines is 1. The van der Waals surface area contributed by atoms with Crippen molar-refractivity contribution in [1.82, 2.24) is 15.0 Å². The molecule has 152 valence electrons. The predicted molar refractivity (Wildman–Crippen MR) is 104 cm³/mol. The number of halogens is 1. The van der Waals surface area contributed by atoms with Gasteiger partial charge in [-0.2, -0.15) is 0 Å². The van der Waals surface area contributed by atoms with Crippen molar-refractivity contribution >= 4 is 29.7 Å². The van der Waals surface area contributed by atoms with Gasteiger partial charge in [0, 0.05) is 17.5 Å². The van der Waals surface area contributed by atoms with Crippen LogP contribution in [0.4, 0.5) is 16.2 Å². The highest BCUT2D eigenvalue weighted by molar-refractivity contribution is 5.95. The van der Waals surface area contributed by atoms with E-state index in [-0.39, 0.29) is 30.1 Å². The molecule has 0 saturated carbocycles. The lowest BCUT2D eigenvalue weighted by Gasteiger charge is -2.26. The molecule has 0 radical (unpaired) electrons. The van der Waals surface area contributed by atoms with Gasteiger partial charge in [0.05, 0.1) is 39.4 Å². The summed E-state index contributed by atoms with van der Waals surface area (Å²) in [7, 11) is 1.55. The molecular formula is C19H22FN6O3+. The first-order chi connectivity index (χ1) is 14.0. The standard InChI is InChI=1S/C19H22FN6O3/c1-13(21)9-16(27)29-12-14-3-4-22-18(17(14)20)25-5-7-26(8-6-25)19-23-10-15(28-2)11-24-19/h3-4,7,10-11,21H,5-6,8-9,12H2,1-2H3/q+1. The molecule has 0 spiro atoms.